The number of nitrogens with zero attached hydrogens (tertiary/aromatic N) is 1. The van der Waals surface area contributed by atoms with Gasteiger partial charge in [0.1, 0.15) is 5.82 Å². The molecule has 0 radical (unpaired) electrons. The third-order valence-corrected chi connectivity index (χ3v) is 3.13. The van der Waals surface area contributed by atoms with Crippen molar-refractivity contribution in [2.75, 3.05) is 6.54 Å². The molecule has 0 unspecified atom stereocenters. The van der Waals surface area contributed by atoms with Crippen molar-refractivity contribution in [3.63, 3.8) is 0 Å². The van der Waals surface area contributed by atoms with E-state index in [2.05, 4.69) is 22.2 Å². The molecule has 0 atom stereocenters. The van der Waals surface area contributed by atoms with E-state index in [1.165, 1.54) is 0 Å². The summed E-state index contributed by atoms with van der Waals surface area (Å²) in [7, 11) is 0. The summed E-state index contributed by atoms with van der Waals surface area (Å²) in [5, 5.41) is 4.61. The lowest BCUT2D eigenvalue weighted by Crippen LogP contribution is -2.14. The van der Waals surface area contributed by atoms with Crippen molar-refractivity contribution in [3.8, 4) is 11.3 Å². The highest BCUT2D eigenvalue weighted by Gasteiger charge is 2.07. The van der Waals surface area contributed by atoms with Crippen LogP contribution in [0.1, 0.15) is 19.2 Å². The summed E-state index contributed by atoms with van der Waals surface area (Å²) in [6.45, 7) is 3.84. The van der Waals surface area contributed by atoms with Gasteiger partial charge in [0, 0.05) is 10.6 Å². The number of rotatable bonds is 5. The molecule has 0 saturated carbocycles. The zero-order chi connectivity index (χ0) is 13.0. The van der Waals surface area contributed by atoms with Crippen LogP contribution in [0.3, 0.4) is 0 Å². The summed E-state index contributed by atoms with van der Waals surface area (Å²) < 4.78 is 0. The van der Waals surface area contributed by atoms with Gasteiger partial charge in [-0.15, -0.1) is 0 Å². The Labute approximate surface area is 117 Å². The maximum absolute atomic E-state index is 6.14. The van der Waals surface area contributed by atoms with Gasteiger partial charge >= 0.3 is 0 Å². The fourth-order valence-electron chi connectivity index (χ4n) is 1.68. The van der Waals surface area contributed by atoms with Crippen LogP contribution in [0, 0.1) is 0 Å². The highest BCUT2D eigenvalue weighted by atomic mass is 35.5. The maximum Gasteiger partial charge on any atom is 0.120 e. The van der Waals surface area contributed by atoms with E-state index in [9.17, 15) is 0 Å². The van der Waals surface area contributed by atoms with Gasteiger partial charge in [0.25, 0.3) is 0 Å². The van der Waals surface area contributed by atoms with Gasteiger partial charge in [0.15, 0.2) is 0 Å². The van der Waals surface area contributed by atoms with Crippen molar-refractivity contribution in [1.29, 1.82) is 0 Å². The van der Waals surface area contributed by atoms with Crippen molar-refractivity contribution < 1.29 is 0 Å². The van der Waals surface area contributed by atoms with E-state index in [0.717, 1.165) is 36.6 Å². The van der Waals surface area contributed by atoms with Crippen LogP contribution < -0.4 is 5.32 Å². The van der Waals surface area contributed by atoms with Crippen molar-refractivity contribution >= 4 is 23.2 Å². The number of nitrogens with one attached hydrogen (secondary N) is 2. The third-order valence-electron chi connectivity index (χ3n) is 2.57. The van der Waals surface area contributed by atoms with E-state index in [0.29, 0.717) is 10.0 Å². The molecule has 0 saturated heterocycles. The van der Waals surface area contributed by atoms with Gasteiger partial charge in [-0.3, -0.25) is 0 Å². The van der Waals surface area contributed by atoms with Gasteiger partial charge < -0.3 is 10.3 Å². The maximum atomic E-state index is 6.14. The second kappa shape index (κ2) is 6.23. The topological polar surface area (TPSA) is 40.7 Å². The molecule has 0 bridgehead atoms. The second-order valence-electron chi connectivity index (χ2n) is 4.04. The van der Waals surface area contributed by atoms with Gasteiger partial charge in [-0.05, 0) is 31.2 Å². The number of aromatic amines is 1. The number of hydrogen-bond donors (Lipinski definition) is 2. The molecule has 2 N–H and O–H groups in total. The van der Waals surface area contributed by atoms with Crippen LogP contribution in [0.15, 0.2) is 24.4 Å². The number of H-pyrrole nitrogens is 1. The normalized spacial score (nSPS) is 10.8. The number of hydrogen-bond acceptors (Lipinski definition) is 2. The molecule has 0 aliphatic rings. The fraction of sp³-hybridized carbons (Fsp3) is 0.308. The highest BCUT2D eigenvalue weighted by molar-refractivity contribution is 6.35. The molecule has 0 spiro atoms. The van der Waals surface area contributed by atoms with E-state index >= 15 is 0 Å². The Balaban J connectivity index is 2.16. The van der Waals surface area contributed by atoms with Crippen LogP contribution in [0.2, 0.25) is 10.0 Å². The Hall–Kier alpha value is -1.03. The summed E-state index contributed by atoms with van der Waals surface area (Å²) in [5.41, 5.74) is 1.76. The van der Waals surface area contributed by atoms with Crippen molar-refractivity contribution in [3.05, 3.63) is 40.3 Å². The summed E-state index contributed by atoms with van der Waals surface area (Å²) in [4.78, 5) is 7.56. The molecule has 3 nitrogen and oxygen atoms in total. The quantitative estimate of drug-likeness (QED) is 0.818. The molecule has 0 aliphatic carbocycles. The number of halogens is 2. The Morgan fingerprint density at radius 2 is 2.17 bits per heavy atom. The molecule has 1 heterocycles. The van der Waals surface area contributed by atoms with Crippen LogP contribution in [0.4, 0.5) is 0 Å². The molecule has 2 rings (SSSR count). The smallest absolute Gasteiger partial charge is 0.120 e. The molecule has 0 amide bonds. The fourth-order valence-corrected chi connectivity index (χ4v) is 2.07. The number of benzene rings is 1. The molecule has 5 heteroatoms. The van der Waals surface area contributed by atoms with Crippen LogP contribution in [0.25, 0.3) is 11.3 Å². The number of aromatic nitrogens is 2. The SMILES string of the molecule is CCCNCc1ncc(-c2cc(Cl)ccc2Cl)[nH]1. The van der Waals surface area contributed by atoms with E-state index in [4.69, 9.17) is 23.2 Å². The first-order valence-electron chi connectivity index (χ1n) is 5.90. The minimum atomic E-state index is 0.662. The average Bonchev–Trinajstić information content (AvgIpc) is 2.81. The predicted molar refractivity (Wildman–Crippen MR) is 76.0 cm³/mol. The van der Waals surface area contributed by atoms with Gasteiger partial charge in [-0.25, -0.2) is 4.98 Å². The standard InChI is InChI=1S/C13H15Cl2N3/c1-2-5-16-8-13-17-7-12(18-13)10-6-9(14)3-4-11(10)15/h3-4,6-7,16H,2,5,8H2,1H3,(H,17,18). The third kappa shape index (κ3) is 3.25. The highest BCUT2D eigenvalue weighted by Crippen LogP contribution is 2.29. The lowest BCUT2D eigenvalue weighted by molar-refractivity contribution is 0.655. The Morgan fingerprint density at radius 1 is 1.33 bits per heavy atom. The molecule has 2 aromatic rings. The summed E-state index contributed by atoms with van der Waals surface area (Å²) >= 11 is 12.1. The van der Waals surface area contributed by atoms with Crippen molar-refractivity contribution in [1.82, 2.24) is 15.3 Å². The zero-order valence-electron chi connectivity index (χ0n) is 10.1. The van der Waals surface area contributed by atoms with Crippen LogP contribution in [0.5, 0.6) is 0 Å². The van der Waals surface area contributed by atoms with Crippen LogP contribution in [-0.2, 0) is 6.54 Å². The Bertz CT molecular complexity index is 523. The molecular formula is C13H15Cl2N3. The first-order valence-corrected chi connectivity index (χ1v) is 6.66. The van der Waals surface area contributed by atoms with E-state index in [-0.39, 0.29) is 0 Å². The molecule has 0 fully saturated rings. The molecule has 0 aliphatic heterocycles. The summed E-state index contributed by atoms with van der Waals surface area (Å²) in [6, 6.07) is 5.39. The van der Waals surface area contributed by atoms with E-state index < -0.39 is 0 Å². The summed E-state index contributed by atoms with van der Waals surface area (Å²) in [6.07, 6.45) is 2.88. The Morgan fingerprint density at radius 3 is 2.94 bits per heavy atom. The lowest BCUT2D eigenvalue weighted by Gasteiger charge is -2.02. The van der Waals surface area contributed by atoms with Crippen molar-refractivity contribution in [2.45, 2.75) is 19.9 Å². The monoisotopic (exact) mass is 283 g/mol. The van der Waals surface area contributed by atoms with Crippen molar-refractivity contribution in [2.24, 2.45) is 0 Å². The first-order chi connectivity index (χ1) is 8.70. The molecule has 18 heavy (non-hydrogen) atoms. The molecule has 1 aromatic carbocycles. The van der Waals surface area contributed by atoms with E-state index in [1.54, 1.807) is 18.3 Å². The van der Waals surface area contributed by atoms with Crippen LogP contribution in [-0.4, -0.2) is 16.5 Å². The van der Waals surface area contributed by atoms with Gasteiger partial charge in [-0.1, -0.05) is 30.1 Å². The number of imidazole rings is 1. The largest absolute Gasteiger partial charge is 0.341 e. The average molecular weight is 284 g/mol. The summed E-state index contributed by atoms with van der Waals surface area (Å²) in [5.74, 6) is 0.898. The minimum Gasteiger partial charge on any atom is -0.341 e. The first kappa shape index (κ1) is 13.4. The van der Waals surface area contributed by atoms with Gasteiger partial charge in [-0.2, -0.15) is 0 Å². The minimum absolute atomic E-state index is 0.662. The Kier molecular flexibility index (Phi) is 4.64. The van der Waals surface area contributed by atoms with E-state index in [1.807, 2.05) is 6.07 Å². The molecular weight excluding hydrogens is 269 g/mol. The van der Waals surface area contributed by atoms with Crippen LogP contribution >= 0.6 is 23.2 Å². The lowest BCUT2D eigenvalue weighted by atomic mass is 10.2. The van der Waals surface area contributed by atoms with Gasteiger partial charge in [0.05, 0.1) is 23.5 Å². The predicted octanol–water partition coefficient (Wildman–Crippen LogP) is 3.88. The second-order valence-corrected chi connectivity index (χ2v) is 4.89. The van der Waals surface area contributed by atoms with Gasteiger partial charge in [0.2, 0.25) is 0 Å². The zero-order valence-corrected chi connectivity index (χ0v) is 11.6. The molecule has 1 aromatic heterocycles. The molecule has 96 valence electrons.